The van der Waals surface area contributed by atoms with E-state index in [2.05, 4.69) is 0 Å². The third kappa shape index (κ3) is 3.14. The van der Waals surface area contributed by atoms with Gasteiger partial charge in [0.1, 0.15) is 12.4 Å². The number of hydrogen-bond donors (Lipinski definition) is 2. The van der Waals surface area contributed by atoms with Gasteiger partial charge in [0.2, 0.25) is 0 Å². The first-order valence-corrected chi connectivity index (χ1v) is 6.41. The predicted octanol–water partition coefficient (Wildman–Crippen LogP) is 2.47. The lowest BCUT2D eigenvalue weighted by atomic mass is 10.1. The SMILES string of the molecule is COc1cccc(C(=N)N)c1OCc1ccccc1[N+](=O)[O-]. The fraction of sp³-hybridized carbons (Fsp3) is 0.133. The summed E-state index contributed by atoms with van der Waals surface area (Å²) in [4.78, 5) is 10.5. The maximum atomic E-state index is 11.0. The van der Waals surface area contributed by atoms with Crippen LogP contribution in [0.5, 0.6) is 11.5 Å². The van der Waals surface area contributed by atoms with Crippen LogP contribution in [0.25, 0.3) is 0 Å². The van der Waals surface area contributed by atoms with E-state index in [0.717, 1.165) is 0 Å². The summed E-state index contributed by atoms with van der Waals surface area (Å²) in [5.41, 5.74) is 6.30. The molecule has 0 saturated carbocycles. The van der Waals surface area contributed by atoms with Crippen LogP contribution in [0.15, 0.2) is 42.5 Å². The van der Waals surface area contributed by atoms with Gasteiger partial charge in [-0.25, -0.2) is 0 Å². The molecule has 0 unspecified atom stereocenters. The molecule has 3 N–H and O–H groups in total. The van der Waals surface area contributed by atoms with E-state index in [-0.39, 0.29) is 23.9 Å². The molecule has 114 valence electrons. The molecule has 0 amide bonds. The van der Waals surface area contributed by atoms with Gasteiger partial charge in [-0.1, -0.05) is 18.2 Å². The van der Waals surface area contributed by atoms with Crippen LogP contribution in [0.2, 0.25) is 0 Å². The smallest absolute Gasteiger partial charge is 0.276 e. The Bertz CT molecular complexity index is 716. The molecule has 0 fully saturated rings. The third-order valence-electron chi connectivity index (χ3n) is 3.05. The maximum absolute atomic E-state index is 11.0. The number of nitrogens with one attached hydrogen (secondary N) is 1. The lowest BCUT2D eigenvalue weighted by molar-refractivity contribution is -0.385. The molecular weight excluding hydrogens is 286 g/mol. The summed E-state index contributed by atoms with van der Waals surface area (Å²) >= 11 is 0. The Morgan fingerprint density at radius 2 is 2.00 bits per heavy atom. The summed E-state index contributed by atoms with van der Waals surface area (Å²) < 4.78 is 10.8. The van der Waals surface area contributed by atoms with Crippen molar-refractivity contribution < 1.29 is 14.4 Å². The van der Waals surface area contributed by atoms with E-state index in [1.165, 1.54) is 13.2 Å². The van der Waals surface area contributed by atoms with Crippen molar-refractivity contribution in [2.24, 2.45) is 5.73 Å². The van der Waals surface area contributed by atoms with Crippen molar-refractivity contribution in [1.29, 1.82) is 5.41 Å². The second-order valence-electron chi connectivity index (χ2n) is 4.43. The third-order valence-corrected chi connectivity index (χ3v) is 3.05. The van der Waals surface area contributed by atoms with Crippen molar-refractivity contribution in [2.45, 2.75) is 6.61 Å². The monoisotopic (exact) mass is 301 g/mol. The number of ether oxygens (including phenoxy) is 2. The van der Waals surface area contributed by atoms with Crippen LogP contribution >= 0.6 is 0 Å². The van der Waals surface area contributed by atoms with Crippen molar-refractivity contribution in [3.8, 4) is 11.5 Å². The lowest BCUT2D eigenvalue weighted by Crippen LogP contribution is -2.14. The molecule has 0 aliphatic heterocycles. The van der Waals surface area contributed by atoms with Crippen LogP contribution in [0.3, 0.4) is 0 Å². The van der Waals surface area contributed by atoms with Gasteiger partial charge in [0.15, 0.2) is 11.5 Å². The topological polar surface area (TPSA) is 111 Å². The predicted molar refractivity (Wildman–Crippen MR) is 81.4 cm³/mol. The summed E-state index contributed by atoms with van der Waals surface area (Å²) in [5.74, 6) is 0.526. The summed E-state index contributed by atoms with van der Waals surface area (Å²) in [5, 5.41) is 18.6. The van der Waals surface area contributed by atoms with E-state index in [1.54, 1.807) is 36.4 Å². The van der Waals surface area contributed by atoms with Crippen molar-refractivity contribution in [3.05, 3.63) is 63.7 Å². The Labute approximate surface area is 126 Å². The number of benzene rings is 2. The molecule has 2 aromatic carbocycles. The molecule has 0 saturated heterocycles. The van der Waals surface area contributed by atoms with Gasteiger partial charge in [-0.05, 0) is 18.2 Å². The number of rotatable bonds is 6. The number of para-hydroxylation sites is 2. The van der Waals surface area contributed by atoms with Gasteiger partial charge in [0.05, 0.1) is 23.2 Å². The highest BCUT2D eigenvalue weighted by Crippen LogP contribution is 2.32. The number of nitro groups is 1. The molecule has 0 aliphatic carbocycles. The molecule has 7 heteroatoms. The molecule has 0 spiro atoms. The van der Waals surface area contributed by atoms with Gasteiger partial charge in [-0.15, -0.1) is 0 Å². The average Bonchev–Trinajstić information content (AvgIpc) is 2.52. The molecule has 22 heavy (non-hydrogen) atoms. The summed E-state index contributed by atoms with van der Waals surface area (Å²) in [6.45, 7) is -0.0300. The molecule has 2 rings (SSSR count). The Balaban J connectivity index is 2.33. The molecule has 0 radical (unpaired) electrons. The summed E-state index contributed by atoms with van der Waals surface area (Å²) in [7, 11) is 1.47. The zero-order valence-electron chi connectivity index (χ0n) is 11.9. The number of nitro benzene ring substituents is 1. The number of nitrogens with two attached hydrogens (primary N) is 1. The van der Waals surface area contributed by atoms with Crippen LogP contribution in [0.1, 0.15) is 11.1 Å². The molecule has 0 aromatic heterocycles. The van der Waals surface area contributed by atoms with Gasteiger partial charge < -0.3 is 15.2 Å². The molecular formula is C15H15N3O4. The summed E-state index contributed by atoms with van der Waals surface area (Å²) in [6, 6.07) is 11.3. The second kappa shape index (κ2) is 6.57. The fourth-order valence-corrected chi connectivity index (χ4v) is 2.00. The normalized spacial score (nSPS) is 10.0. The summed E-state index contributed by atoms with van der Waals surface area (Å²) in [6.07, 6.45) is 0. The van der Waals surface area contributed by atoms with Crippen LogP contribution in [0, 0.1) is 15.5 Å². The van der Waals surface area contributed by atoms with E-state index in [0.29, 0.717) is 16.9 Å². The molecule has 7 nitrogen and oxygen atoms in total. The zero-order valence-corrected chi connectivity index (χ0v) is 11.9. The Hall–Kier alpha value is -3.09. The molecule has 2 aromatic rings. The van der Waals surface area contributed by atoms with E-state index < -0.39 is 4.92 Å². The molecule has 0 bridgehead atoms. The van der Waals surface area contributed by atoms with E-state index >= 15 is 0 Å². The van der Waals surface area contributed by atoms with Crippen LogP contribution in [0.4, 0.5) is 5.69 Å². The van der Waals surface area contributed by atoms with Crippen LogP contribution in [-0.2, 0) is 6.61 Å². The quantitative estimate of drug-likeness (QED) is 0.368. The number of hydrogen-bond acceptors (Lipinski definition) is 5. The Kier molecular flexibility index (Phi) is 4.57. The van der Waals surface area contributed by atoms with Crippen molar-refractivity contribution in [1.82, 2.24) is 0 Å². The highest BCUT2D eigenvalue weighted by Gasteiger charge is 2.16. The van der Waals surface area contributed by atoms with Crippen molar-refractivity contribution >= 4 is 11.5 Å². The standard InChI is InChI=1S/C15H15N3O4/c1-21-13-8-4-6-11(15(16)17)14(13)22-9-10-5-2-3-7-12(10)18(19)20/h2-8H,9H2,1H3,(H3,16,17). The first-order chi connectivity index (χ1) is 10.5. The van der Waals surface area contributed by atoms with Gasteiger partial charge in [-0.2, -0.15) is 0 Å². The van der Waals surface area contributed by atoms with Crippen molar-refractivity contribution in [2.75, 3.05) is 7.11 Å². The van der Waals surface area contributed by atoms with Crippen LogP contribution < -0.4 is 15.2 Å². The Morgan fingerprint density at radius 3 is 2.64 bits per heavy atom. The minimum atomic E-state index is -0.465. The highest BCUT2D eigenvalue weighted by atomic mass is 16.6. The number of nitrogens with zero attached hydrogens (tertiary/aromatic N) is 1. The lowest BCUT2D eigenvalue weighted by Gasteiger charge is -2.14. The van der Waals surface area contributed by atoms with E-state index in [1.807, 2.05) is 0 Å². The largest absolute Gasteiger partial charge is 0.493 e. The molecule has 0 aliphatic rings. The van der Waals surface area contributed by atoms with E-state index in [4.69, 9.17) is 20.6 Å². The van der Waals surface area contributed by atoms with Gasteiger partial charge >= 0.3 is 0 Å². The fourth-order valence-electron chi connectivity index (χ4n) is 2.00. The molecule has 0 atom stereocenters. The second-order valence-corrected chi connectivity index (χ2v) is 4.43. The van der Waals surface area contributed by atoms with Gasteiger partial charge in [0.25, 0.3) is 5.69 Å². The van der Waals surface area contributed by atoms with Crippen LogP contribution in [-0.4, -0.2) is 17.9 Å². The van der Waals surface area contributed by atoms with Gasteiger partial charge in [-0.3, -0.25) is 15.5 Å². The maximum Gasteiger partial charge on any atom is 0.276 e. The minimum Gasteiger partial charge on any atom is -0.493 e. The first kappa shape index (κ1) is 15.3. The van der Waals surface area contributed by atoms with E-state index in [9.17, 15) is 10.1 Å². The molecule has 0 heterocycles. The van der Waals surface area contributed by atoms with Gasteiger partial charge in [0, 0.05) is 6.07 Å². The average molecular weight is 301 g/mol. The number of amidine groups is 1. The number of nitrogen functional groups attached to an aromatic ring is 1. The zero-order chi connectivity index (χ0) is 16.1. The van der Waals surface area contributed by atoms with Crippen molar-refractivity contribution in [3.63, 3.8) is 0 Å². The Morgan fingerprint density at radius 1 is 1.27 bits per heavy atom. The number of methoxy groups -OCH3 is 1. The first-order valence-electron chi connectivity index (χ1n) is 6.41. The minimum absolute atomic E-state index is 0.0261. The highest BCUT2D eigenvalue weighted by molar-refractivity contribution is 5.98.